The van der Waals surface area contributed by atoms with Crippen molar-refractivity contribution in [3.8, 4) is 5.69 Å². The number of benzene rings is 1. The molecule has 0 aliphatic rings. The highest BCUT2D eigenvalue weighted by Crippen LogP contribution is 2.21. The highest BCUT2D eigenvalue weighted by molar-refractivity contribution is 5.87. The molecule has 2 aromatic heterocycles. The van der Waals surface area contributed by atoms with Gasteiger partial charge in [-0.15, -0.1) is 0 Å². The maximum Gasteiger partial charge on any atom is 0.309 e. The third-order valence-corrected chi connectivity index (χ3v) is 2.79. The number of carboxylic acid groups (broad SMARTS) is 1. The number of aromatic amines is 1. The summed E-state index contributed by atoms with van der Waals surface area (Å²) in [6.45, 7) is 0. The zero-order chi connectivity index (χ0) is 12.5. The number of aromatic nitrogens is 3. The zero-order valence-corrected chi connectivity index (χ0v) is 9.50. The number of hydrogen-bond acceptors (Lipinski definition) is 2. The minimum atomic E-state index is -0.876. The Hall–Kier alpha value is -2.56. The summed E-state index contributed by atoms with van der Waals surface area (Å²) < 4.78 is 1.69. The Bertz CT molecular complexity index is 712. The molecule has 3 aromatic rings. The summed E-state index contributed by atoms with van der Waals surface area (Å²) in [5, 5.41) is 14.0. The molecule has 0 saturated heterocycles. The van der Waals surface area contributed by atoms with E-state index in [0.29, 0.717) is 5.69 Å². The van der Waals surface area contributed by atoms with Crippen LogP contribution in [0.2, 0.25) is 0 Å². The molecule has 0 aliphatic heterocycles. The van der Waals surface area contributed by atoms with Crippen molar-refractivity contribution in [2.45, 2.75) is 6.42 Å². The first kappa shape index (κ1) is 10.6. The molecule has 5 heteroatoms. The zero-order valence-electron chi connectivity index (χ0n) is 9.50. The van der Waals surface area contributed by atoms with Crippen LogP contribution >= 0.6 is 0 Å². The largest absolute Gasteiger partial charge is 0.481 e. The summed E-state index contributed by atoms with van der Waals surface area (Å²) in [7, 11) is 0. The maximum atomic E-state index is 10.6. The fourth-order valence-corrected chi connectivity index (χ4v) is 1.99. The fourth-order valence-electron chi connectivity index (χ4n) is 1.99. The Morgan fingerprint density at radius 3 is 3.00 bits per heavy atom. The Balaban J connectivity index is 2.04. The van der Waals surface area contributed by atoms with Crippen LogP contribution in [0.15, 0.2) is 42.7 Å². The van der Waals surface area contributed by atoms with Crippen LogP contribution in [0.5, 0.6) is 0 Å². The molecule has 0 saturated carbocycles. The lowest BCUT2D eigenvalue weighted by molar-refractivity contribution is -0.136. The third kappa shape index (κ3) is 1.75. The average Bonchev–Trinajstić information content (AvgIpc) is 2.94. The number of nitrogens with one attached hydrogen (secondary N) is 1. The fraction of sp³-hybridized carbons (Fsp3) is 0.0769. The van der Waals surface area contributed by atoms with E-state index in [1.165, 1.54) is 0 Å². The van der Waals surface area contributed by atoms with Gasteiger partial charge in [0.05, 0.1) is 17.8 Å². The predicted octanol–water partition coefficient (Wildman–Crippen LogP) is 1.98. The minimum Gasteiger partial charge on any atom is -0.481 e. The number of rotatable bonds is 3. The van der Waals surface area contributed by atoms with Crippen molar-refractivity contribution < 1.29 is 9.90 Å². The first-order chi connectivity index (χ1) is 8.74. The van der Waals surface area contributed by atoms with Gasteiger partial charge >= 0.3 is 5.97 Å². The lowest BCUT2D eigenvalue weighted by atomic mass is 10.2. The van der Waals surface area contributed by atoms with Gasteiger partial charge in [0.2, 0.25) is 0 Å². The Morgan fingerprint density at radius 1 is 1.33 bits per heavy atom. The predicted molar refractivity (Wildman–Crippen MR) is 66.8 cm³/mol. The molecular formula is C13H11N3O2. The summed E-state index contributed by atoms with van der Waals surface area (Å²) in [6, 6.07) is 9.62. The van der Waals surface area contributed by atoms with Crippen molar-refractivity contribution in [2.75, 3.05) is 0 Å². The normalized spacial score (nSPS) is 10.9. The van der Waals surface area contributed by atoms with Crippen LogP contribution in [0.25, 0.3) is 16.6 Å². The van der Waals surface area contributed by atoms with Crippen molar-refractivity contribution in [3.05, 3.63) is 48.4 Å². The maximum absolute atomic E-state index is 10.6. The number of para-hydroxylation sites is 1. The second-order valence-electron chi connectivity index (χ2n) is 4.04. The van der Waals surface area contributed by atoms with Gasteiger partial charge in [0.1, 0.15) is 0 Å². The van der Waals surface area contributed by atoms with E-state index in [9.17, 15) is 4.79 Å². The lowest BCUT2D eigenvalue weighted by Crippen LogP contribution is -2.02. The van der Waals surface area contributed by atoms with Crippen LogP contribution in [0.4, 0.5) is 0 Å². The van der Waals surface area contributed by atoms with E-state index < -0.39 is 5.97 Å². The van der Waals surface area contributed by atoms with E-state index in [0.717, 1.165) is 16.6 Å². The van der Waals surface area contributed by atoms with E-state index in [-0.39, 0.29) is 6.42 Å². The molecule has 18 heavy (non-hydrogen) atoms. The van der Waals surface area contributed by atoms with Gasteiger partial charge in [-0.05, 0) is 12.1 Å². The summed E-state index contributed by atoms with van der Waals surface area (Å²) in [4.78, 5) is 13.8. The molecule has 3 rings (SSSR count). The molecule has 0 spiro atoms. The first-order valence-electron chi connectivity index (χ1n) is 5.57. The van der Waals surface area contributed by atoms with Crippen LogP contribution in [0.3, 0.4) is 0 Å². The van der Waals surface area contributed by atoms with Crippen LogP contribution < -0.4 is 0 Å². The number of aliphatic carboxylic acids is 1. The number of nitrogens with zero attached hydrogens (tertiary/aromatic N) is 2. The van der Waals surface area contributed by atoms with Gasteiger partial charge in [0.15, 0.2) is 0 Å². The molecule has 0 radical (unpaired) electrons. The van der Waals surface area contributed by atoms with Crippen LogP contribution in [0, 0.1) is 0 Å². The second-order valence-corrected chi connectivity index (χ2v) is 4.04. The molecule has 0 atom stereocenters. The molecule has 0 fully saturated rings. The Kier molecular flexibility index (Phi) is 2.37. The lowest BCUT2D eigenvalue weighted by Gasteiger charge is -1.98. The quantitative estimate of drug-likeness (QED) is 0.736. The number of H-pyrrole nitrogens is 1. The van der Waals surface area contributed by atoms with Gasteiger partial charge in [0.25, 0.3) is 0 Å². The van der Waals surface area contributed by atoms with Crippen molar-refractivity contribution in [1.29, 1.82) is 0 Å². The number of carbonyl (C=O) groups is 1. The molecule has 0 aliphatic carbocycles. The topological polar surface area (TPSA) is 70.9 Å². The molecule has 2 N–H and O–H groups in total. The Labute approximate surface area is 103 Å². The van der Waals surface area contributed by atoms with Crippen molar-refractivity contribution >= 4 is 16.9 Å². The average molecular weight is 241 g/mol. The van der Waals surface area contributed by atoms with E-state index in [1.807, 2.05) is 30.5 Å². The SMILES string of the molecule is O=C(O)Cc1ccn(-c2c[nH]c3ccccc23)n1. The smallest absolute Gasteiger partial charge is 0.309 e. The van der Waals surface area contributed by atoms with Gasteiger partial charge < -0.3 is 10.1 Å². The van der Waals surface area contributed by atoms with Crippen LogP contribution in [-0.2, 0) is 11.2 Å². The first-order valence-corrected chi connectivity index (χ1v) is 5.57. The molecule has 0 amide bonds. The van der Waals surface area contributed by atoms with E-state index in [2.05, 4.69) is 10.1 Å². The summed E-state index contributed by atoms with van der Waals surface area (Å²) in [5.74, 6) is -0.876. The van der Waals surface area contributed by atoms with Crippen LogP contribution in [-0.4, -0.2) is 25.8 Å². The number of fused-ring (bicyclic) bond motifs is 1. The number of hydrogen-bond donors (Lipinski definition) is 2. The highest BCUT2D eigenvalue weighted by atomic mass is 16.4. The van der Waals surface area contributed by atoms with Crippen molar-refractivity contribution in [3.63, 3.8) is 0 Å². The van der Waals surface area contributed by atoms with Gasteiger partial charge in [0, 0.05) is 23.3 Å². The molecule has 5 nitrogen and oxygen atoms in total. The van der Waals surface area contributed by atoms with Gasteiger partial charge in [-0.3, -0.25) is 4.79 Å². The van der Waals surface area contributed by atoms with E-state index in [1.54, 1.807) is 16.9 Å². The van der Waals surface area contributed by atoms with Gasteiger partial charge in [-0.2, -0.15) is 5.10 Å². The number of carboxylic acids is 1. The highest BCUT2D eigenvalue weighted by Gasteiger charge is 2.08. The van der Waals surface area contributed by atoms with Crippen molar-refractivity contribution in [1.82, 2.24) is 14.8 Å². The molecule has 0 bridgehead atoms. The second kappa shape index (κ2) is 4.03. The third-order valence-electron chi connectivity index (χ3n) is 2.79. The monoisotopic (exact) mass is 241 g/mol. The van der Waals surface area contributed by atoms with Gasteiger partial charge in [-0.1, -0.05) is 18.2 Å². The standard InChI is InChI=1S/C13H11N3O2/c17-13(18)7-9-5-6-16(15-9)12-8-14-11-4-2-1-3-10(11)12/h1-6,8,14H,7H2,(H,17,18). The van der Waals surface area contributed by atoms with Crippen LogP contribution in [0.1, 0.15) is 5.69 Å². The Morgan fingerprint density at radius 2 is 2.17 bits per heavy atom. The molecular weight excluding hydrogens is 230 g/mol. The molecule has 90 valence electrons. The summed E-state index contributed by atoms with van der Waals surface area (Å²) in [5.41, 5.74) is 2.50. The molecule has 0 unspecified atom stereocenters. The van der Waals surface area contributed by atoms with E-state index in [4.69, 9.17) is 5.11 Å². The van der Waals surface area contributed by atoms with E-state index >= 15 is 0 Å². The summed E-state index contributed by atoms with van der Waals surface area (Å²) in [6.07, 6.45) is 3.57. The minimum absolute atomic E-state index is 0.0602. The van der Waals surface area contributed by atoms with Gasteiger partial charge in [-0.25, -0.2) is 4.68 Å². The molecule has 2 heterocycles. The summed E-state index contributed by atoms with van der Waals surface area (Å²) >= 11 is 0. The van der Waals surface area contributed by atoms with Crippen molar-refractivity contribution in [2.24, 2.45) is 0 Å². The molecule has 1 aromatic carbocycles.